The topological polar surface area (TPSA) is 69.7 Å². The van der Waals surface area contributed by atoms with Crippen LogP contribution in [0.3, 0.4) is 0 Å². The summed E-state index contributed by atoms with van der Waals surface area (Å²) in [5, 5.41) is 0. The standard InChI is InChI=1S/C21H33N3O3S/c1-16-12-17(2)15-23(14-16)10-5-9-22-28(26,27)19-7-8-20(18(3)13-19)24-11-4-6-21(24)25/h7-8,13,16-17,22H,4-6,9-12,14-15H2,1-3H3/t16-,17+. The van der Waals surface area contributed by atoms with Crippen LogP contribution in [0.5, 0.6) is 0 Å². The second kappa shape index (κ2) is 8.93. The lowest BCUT2D eigenvalue weighted by molar-refractivity contribution is -0.117. The molecule has 6 nitrogen and oxygen atoms in total. The number of benzene rings is 1. The van der Waals surface area contributed by atoms with Crippen molar-refractivity contribution in [2.75, 3.05) is 37.6 Å². The number of aryl methyl sites for hydroxylation is 1. The van der Waals surface area contributed by atoms with E-state index in [1.165, 1.54) is 6.42 Å². The highest BCUT2D eigenvalue weighted by atomic mass is 32.2. The van der Waals surface area contributed by atoms with E-state index in [0.717, 1.165) is 43.7 Å². The highest BCUT2D eigenvalue weighted by Crippen LogP contribution is 2.27. The molecular formula is C21H33N3O3S. The number of carbonyl (C=O) groups excluding carboxylic acids is 1. The maximum Gasteiger partial charge on any atom is 0.240 e. The van der Waals surface area contributed by atoms with Crippen molar-refractivity contribution in [3.63, 3.8) is 0 Å². The predicted molar refractivity (Wildman–Crippen MR) is 112 cm³/mol. The molecule has 7 heteroatoms. The molecule has 2 fully saturated rings. The van der Waals surface area contributed by atoms with Crippen LogP contribution >= 0.6 is 0 Å². The number of nitrogens with one attached hydrogen (secondary N) is 1. The third-order valence-corrected chi connectivity index (χ3v) is 7.19. The number of piperidine rings is 1. The number of hydrogen-bond donors (Lipinski definition) is 1. The Morgan fingerprint density at radius 1 is 1.18 bits per heavy atom. The second-order valence-corrected chi connectivity index (χ2v) is 10.3. The van der Waals surface area contributed by atoms with E-state index in [4.69, 9.17) is 0 Å². The molecule has 2 atom stereocenters. The number of likely N-dealkylation sites (tertiary alicyclic amines) is 1. The van der Waals surface area contributed by atoms with Gasteiger partial charge in [0, 0.05) is 38.3 Å². The van der Waals surface area contributed by atoms with E-state index in [-0.39, 0.29) is 10.8 Å². The largest absolute Gasteiger partial charge is 0.312 e. The highest BCUT2D eigenvalue weighted by molar-refractivity contribution is 7.89. The van der Waals surface area contributed by atoms with Crippen LogP contribution in [-0.4, -0.2) is 51.9 Å². The molecule has 1 aromatic rings. The minimum absolute atomic E-state index is 0.109. The van der Waals surface area contributed by atoms with Crippen LogP contribution in [0.2, 0.25) is 0 Å². The smallest absolute Gasteiger partial charge is 0.240 e. The Hall–Kier alpha value is -1.44. The van der Waals surface area contributed by atoms with E-state index in [0.29, 0.717) is 31.3 Å². The molecule has 28 heavy (non-hydrogen) atoms. The van der Waals surface area contributed by atoms with E-state index in [1.54, 1.807) is 23.1 Å². The van der Waals surface area contributed by atoms with Crippen molar-refractivity contribution < 1.29 is 13.2 Å². The summed E-state index contributed by atoms with van der Waals surface area (Å²) in [7, 11) is -3.53. The van der Waals surface area contributed by atoms with Gasteiger partial charge in [0.05, 0.1) is 4.90 Å². The Bertz CT molecular complexity index is 799. The van der Waals surface area contributed by atoms with Gasteiger partial charge < -0.3 is 9.80 Å². The fraction of sp³-hybridized carbons (Fsp3) is 0.667. The number of hydrogen-bond acceptors (Lipinski definition) is 4. The molecule has 1 amide bonds. The molecule has 2 heterocycles. The first-order valence-corrected chi connectivity index (χ1v) is 11.9. The Labute approximate surface area is 169 Å². The molecule has 1 aromatic carbocycles. The lowest BCUT2D eigenvalue weighted by Crippen LogP contribution is -2.40. The lowest BCUT2D eigenvalue weighted by Gasteiger charge is -2.34. The molecule has 0 bridgehead atoms. The molecule has 0 saturated carbocycles. The van der Waals surface area contributed by atoms with E-state index < -0.39 is 10.0 Å². The van der Waals surface area contributed by atoms with Gasteiger partial charge in [-0.05, 0) is 68.3 Å². The van der Waals surface area contributed by atoms with Crippen LogP contribution in [0.15, 0.2) is 23.1 Å². The van der Waals surface area contributed by atoms with E-state index >= 15 is 0 Å². The van der Waals surface area contributed by atoms with Crippen LogP contribution in [0.25, 0.3) is 0 Å². The lowest BCUT2D eigenvalue weighted by atomic mass is 9.92. The van der Waals surface area contributed by atoms with Gasteiger partial charge in [0.1, 0.15) is 0 Å². The van der Waals surface area contributed by atoms with Crippen LogP contribution in [0, 0.1) is 18.8 Å². The molecule has 0 aromatic heterocycles. The summed E-state index contributed by atoms with van der Waals surface area (Å²) in [6, 6.07) is 5.02. The highest BCUT2D eigenvalue weighted by Gasteiger charge is 2.24. The van der Waals surface area contributed by atoms with Gasteiger partial charge in [-0.2, -0.15) is 0 Å². The minimum atomic E-state index is -3.53. The van der Waals surface area contributed by atoms with Gasteiger partial charge in [-0.1, -0.05) is 13.8 Å². The molecule has 2 aliphatic heterocycles. The number of amides is 1. The van der Waals surface area contributed by atoms with Crippen molar-refractivity contribution in [3.8, 4) is 0 Å². The maximum atomic E-state index is 12.6. The average molecular weight is 408 g/mol. The van der Waals surface area contributed by atoms with Gasteiger partial charge in [0.25, 0.3) is 0 Å². The zero-order valence-electron chi connectivity index (χ0n) is 17.3. The molecule has 156 valence electrons. The number of sulfonamides is 1. The van der Waals surface area contributed by atoms with Gasteiger partial charge in [-0.15, -0.1) is 0 Å². The maximum absolute atomic E-state index is 12.6. The first-order valence-electron chi connectivity index (χ1n) is 10.4. The zero-order chi connectivity index (χ0) is 20.3. The zero-order valence-corrected chi connectivity index (χ0v) is 18.1. The molecule has 2 aliphatic rings. The second-order valence-electron chi connectivity index (χ2n) is 8.55. The molecule has 0 radical (unpaired) electrons. The van der Waals surface area contributed by atoms with Crippen molar-refractivity contribution in [2.24, 2.45) is 11.8 Å². The summed E-state index contributed by atoms with van der Waals surface area (Å²) in [5.41, 5.74) is 1.63. The minimum Gasteiger partial charge on any atom is -0.312 e. The Morgan fingerprint density at radius 2 is 1.89 bits per heavy atom. The number of rotatable bonds is 7. The SMILES string of the molecule is Cc1cc(S(=O)(=O)NCCCN2C[C@H](C)C[C@H](C)C2)ccc1N1CCCC1=O. The fourth-order valence-electron chi connectivity index (χ4n) is 4.57. The average Bonchev–Trinajstić information content (AvgIpc) is 3.03. The van der Waals surface area contributed by atoms with Crippen molar-refractivity contribution in [3.05, 3.63) is 23.8 Å². The molecule has 1 N–H and O–H groups in total. The normalized spacial score (nSPS) is 24.1. The van der Waals surface area contributed by atoms with Crippen LogP contribution in [0.4, 0.5) is 5.69 Å². The van der Waals surface area contributed by atoms with Gasteiger partial charge >= 0.3 is 0 Å². The van der Waals surface area contributed by atoms with Crippen molar-refractivity contribution in [1.29, 1.82) is 0 Å². The van der Waals surface area contributed by atoms with Gasteiger partial charge in [-0.25, -0.2) is 13.1 Å². The van der Waals surface area contributed by atoms with Crippen LogP contribution in [-0.2, 0) is 14.8 Å². The number of anilines is 1. The molecule has 0 spiro atoms. The monoisotopic (exact) mass is 407 g/mol. The summed E-state index contributed by atoms with van der Waals surface area (Å²) in [6.45, 7) is 10.7. The molecule has 0 unspecified atom stereocenters. The molecular weight excluding hydrogens is 374 g/mol. The van der Waals surface area contributed by atoms with Crippen molar-refractivity contribution >= 4 is 21.6 Å². The van der Waals surface area contributed by atoms with Gasteiger partial charge in [-0.3, -0.25) is 4.79 Å². The Balaban J connectivity index is 1.54. The molecule has 0 aliphatic carbocycles. The number of nitrogens with zero attached hydrogens (tertiary/aromatic N) is 2. The van der Waals surface area contributed by atoms with Crippen LogP contribution in [0.1, 0.15) is 45.1 Å². The summed E-state index contributed by atoms with van der Waals surface area (Å²) >= 11 is 0. The quantitative estimate of drug-likeness (QED) is 0.706. The first-order chi connectivity index (χ1) is 13.3. The van der Waals surface area contributed by atoms with Crippen LogP contribution < -0.4 is 9.62 Å². The molecule has 3 rings (SSSR count). The number of carbonyl (C=O) groups is 1. The first kappa shape index (κ1) is 21.3. The summed E-state index contributed by atoms with van der Waals surface area (Å²) < 4.78 is 28.0. The fourth-order valence-corrected chi connectivity index (χ4v) is 5.73. The van der Waals surface area contributed by atoms with Crippen molar-refractivity contribution in [2.45, 2.75) is 51.3 Å². The van der Waals surface area contributed by atoms with Gasteiger partial charge in [0.2, 0.25) is 15.9 Å². The Kier molecular flexibility index (Phi) is 6.78. The van der Waals surface area contributed by atoms with E-state index in [9.17, 15) is 13.2 Å². The third kappa shape index (κ3) is 5.13. The van der Waals surface area contributed by atoms with E-state index in [2.05, 4.69) is 23.5 Å². The summed E-state index contributed by atoms with van der Waals surface area (Å²) in [5.74, 6) is 1.53. The predicted octanol–water partition coefficient (Wildman–Crippen LogP) is 2.77. The van der Waals surface area contributed by atoms with E-state index in [1.807, 2.05) is 6.92 Å². The third-order valence-electron chi connectivity index (χ3n) is 5.73. The van der Waals surface area contributed by atoms with Crippen molar-refractivity contribution in [1.82, 2.24) is 9.62 Å². The Morgan fingerprint density at radius 3 is 2.50 bits per heavy atom. The summed E-state index contributed by atoms with van der Waals surface area (Å²) in [6.07, 6.45) is 3.50. The summed E-state index contributed by atoms with van der Waals surface area (Å²) in [4.78, 5) is 16.4. The van der Waals surface area contributed by atoms with Gasteiger partial charge in [0.15, 0.2) is 0 Å². The molecule has 2 saturated heterocycles.